The third kappa shape index (κ3) is 3.92. The Bertz CT molecular complexity index is 401. The van der Waals surface area contributed by atoms with E-state index in [9.17, 15) is 4.79 Å². The molecule has 0 heterocycles. The van der Waals surface area contributed by atoms with Crippen LogP contribution in [-0.4, -0.2) is 25.0 Å². The number of benzene rings is 1. The molecule has 86 valence electrons. The number of rotatable bonds is 5. The second-order valence-corrected chi connectivity index (χ2v) is 3.32. The van der Waals surface area contributed by atoms with E-state index in [0.717, 1.165) is 6.08 Å². The van der Waals surface area contributed by atoms with Gasteiger partial charge in [-0.25, -0.2) is 4.79 Å². The van der Waals surface area contributed by atoms with Crippen LogP contribution in [0.2, 0.25) is 5.02 Å². The molecule has 1 aromatic rings. The number of halogens is 1. The summed E-state index contributed by atoms with van der Waals surface area (Å²) < 4.78 is 9.91. The number of methoxy groups -OCH3 is 1. The van der Waals surface area contributed by atoms with Crippen molar-refractivity contribution in [1.82, 2.24) is 0 Å². The summed E-state index contributed by atoms with van der Waals surface area (Å²) in [6.45, 7) is 0.115. The van der Waals surface area contributed by atoms with Crippen molar-refractivity contribution in [3.8, 4) is 5.75 Å². The largest absolute Gasteiger partial charge is 0.478 e. The number of hydrogen-bond donors (Lipinski definition) is 1. The maximum Gasteiger partial charge on any atom is 0.328 e. The van der Waals surface area contributed by atoms with Crippen molar-refractivity contribution in [3.05, 3.63) is 34.9 Å². The van der Waals surface area contributed by atoms with E-state index < -0.39 is 5.97 Å². The van der Waals surface area contributed by atoms with Crippen molar-refractivity contribution in [2.45, 2.75) is 0 Å². The molecule has 1 aromatic carbocycles. The Hall–Kier alpha value is -1.52. The first-order chi connectivity index (χ1) is 7.63. The minimum atomic E-state index is -1.00. The van der Waals surface area contributed by atoms with Crippen LogP contribution in [0.15, 0.2) is 24.3 Å². The van der Waals surface area contributed by atoms with E-state index in [2.05, 4.69) is 0 Å². The highest BCUT2D eigenvalue weighted by atomic mass is 35.5. The molecule has 0 saturated carbocycles. The van der Waals surface area contributed by atoms with Crippen molar-refractivity contribution >= 4 is 23.6 Å². The number of hydrogen-bond acceptors (Lipinski definition) is 3. The summed E-state index contributed by atoms with van der Waals surface area (Å²) in [6, 6.07) is 4.98. The van der Waals surface area contributed by atoms with Gasteiger partial charge < -0.3 is 14.6 Å². The van der Waals surface area contributed by atoms with Crippen LogP contribution in [0.5, 0.6) is 5.75 Å². The molecule has 5 heteroatoms. The van der Waals surface area contributed by atoms with Gasteiger partial charge in [-0.2, -0.15) is 0 Å². The third-order valence-corrected chi connectivity index (χ3v) is 2.00. The van der Waals surface area contributed by atoms with Crippen LogP contribution in [-0.2, 0) is 9.53 Å². The van der Waals surface area contributed by atoms with Crippen molar-refractivity contribution in [2.75, 3.05) is 13.9 Å². The quantitative estimate of drug-likeness (QED) is 0.636. The average molecular weight is 243 g/mol. The highest BCUT2D eigenvalue weighted by Gasteiger charge is 2.01. The normalized spacial score (nSPS) is 10.6. The average Bonchev–Trinajstić information content (AvgIpc) is 2.25. The van der Waals surface area contributed by atoms with Gasteiger partial charge in [-0.3, -0.25) is 0 Å². The maximum absolute atomic E-state index is 10.3. The monoisotopic (exact) mass is 242 g/mol. The van der Waals surface area contributed by atoms with Gasteiger partial charge in [0, 0.05) is 13.2 Å². The van der Waals surface area contributed by atoms with Crippen molar-refractivity contribution in [3.63, 3.8) is 0 Å². The minimum Gasteiger partial charge on any atom is -0.478 e. The summed E-state index contributed by atoms with van der Waals surface area (Å²) in [6.07, 6.45) is 2.50. The molecule has 0 amide bonds. The van der Waals surface area contributed by atoms with Gasteiger partial charge in [-0.15, -0.1) is 0 Å². The van der Waals surface area contributed by atoms with Crippen LogP contribution in [0, 0.1) is 0 Å². The summed E-state index contributed by atoms with van der Waals surface area (Å²) in [5, 5.41) is 8.86. The first kappa shape index (κ1) is 12.5. The molecule has 1 N–H and O–H groups in total. The van der Waals surface area contributed by atoms with Crippen molar-refractivity contribution < 1.29 is 19.4 Å². The lowest BCUT2D eigenvalue weighted by Gasteiger charge is -2.06. The SMILES string of the molecule is COCOc1ccc(C=CC(=O)O)cc1Cl. The number of ether oxygens (including phenoxy) is 2. The molecule has 0 saturated heterocycles. The Balaban J connectivity index is 2.78. The molecule has 0 unspecified atom stereocenters. The van der Waals surface area contributed by atoms with Crippen LogP contribution in [0.3, 0.4) is 0 Å². The molecule has 0 radical (unpaired) electrons. The van der Waals surface area contributed by atoms with Gasteiger partial charge in [-0.1, -0.05) is 17.7 Å². The third-order valence-electron chi connectivity index (χ3n) is 1.71. The zero-order valence-corrected chi connectivity index (χ0v) is 9.40. The zero-order valence-electron chi connectivity index (χ0n) is 8.64. The van der Waals surface area contributed by atoms with Gasteiger partial charge in [-0.05, 0) is 23.8 Å². The molecule has 0 aliphatic rings. The highest BCUT2D eigenvalue weighted by molar-refractivity contribution is 6.32. The number of aliphatic carboxylic acids is 1. The van der Waals surface area contributed by atoms with Crippen molar-refractivity contribution in [1.29, 1.82) is 0 Å². The molecule has 1 rings (SSSR count). The van der Waals surface area contributed by atoms with Gasteiger partial charge >= 0.3 is 5.97 Å². The van der Waals surface area contributed by atoms with Crippen LogP contribution in [0.25, 0.3) is 6.08 Å². The van der Waals surface area contributed by atoms with Crippen LogP contribution in [0.1, 0.15) is 5.56 Å². The lowest BCUT2D eigenvalue weighted by molar-refractivity contribution is -0.131. The predicted octanol–water partition coefficient (Wildman–Crippen LogP) is 2.42. The minimum absolute atomic E-state index is 0.115. The van der Waals surface area contributed by atoms with Gasteiger partial charge in [0.15, 0.2) is 6.79 Å². The van der Waals surface area contributed by atoms with Crippen LogP contribution in [0.4, 0.5) is 0 Å². The van der Waals surface area contributed by atoms with Crippen LogP contribution < -0.4 is 4.74 Å². The molecule has 0 aliphatic heterocycles. The van der Waals surface area contributed by atoms with Gasteiger partial charge in [0.2, 0.25) is 0 Å². The van der Waals surface area contributed by atoms with Gasteiger partial charge in [0.1, 0.15) is 5.75 Å². The standard InChI is InChI=1S/C11H11ClO4/c1-15-7-16-10-4-2-8(6-9(10)12)3-5-11(13)14/h2-6H,7H2,1H3,(H,13,14). The lowest BCUT2D eigenvalue weighted by Crippen LogP contribution is -1.99. The zero-order chi connectivity index (χ0) is 12.0. The predicted molar refractivity (Wildman–Crippen MR) is 60.6 cm³/mol. The number of carboxylic acid groups (broad SMARTS) is 1. The Morgan fingerprint density at radius 2 is 2.31 bits per heavy atom. The van der Waals surface area contributed by atoms with E-state index in [1.807, 2.05) is 0 Å². The fraction of sp³-hybridized carbons (Fsp3) is 0.182. The molecule has 16 heavy (non-hydrogen) atoms. The summed E-state index contributed by atoms with van der Waals surface area (Å²) >= 11 is 5.92. The van der Waals surface area contributed by atoms with Crippen LogP contribution >= 0.6 is 11.6 Å². The van der Waals surface area contributed by atoms with E-state index in [1.165, 1.54) is 13.2 Å². The van der Waals surface area contributed by atoms with Crippen molar-refractivity contribution in [2.24, 2.45) is 0 Å². The summed E-state index contributed by atoms with van der Waals surface area (Å²) in [7, 11) is 1.51. The smallest absolute Gasteiger partial charge is 0.328 e. The molecule has 0 bridgehead atoms. The molecule has 4 nitrogen and oxygen atoms in total. The molecule has 0 aliphatic carbocycles. The Morgan fingerprint density at radius 1 is 1.56 bits per heavy atom. The first-order valence-corrected chi connectivity index (χ1v) is 4.83. The lowest BCUT2D eigenvalue weighted by atomic mass is 10.2. The Labute approximate surface area is 98.1 Å². The Kier molecular flexibility index (Phi) is 4.82. The van der Waals surface area contributed by atoms with E-state index in [0.29, 0.717) is 16.3 Å². The van der Waals surface area contributed by atoms with E-state index in [1.54, 1.807) is 18.2 Å². The van der Waals surface area contributed by atoms with Gasteiger partial charge in [0.05, 0.1) is 5.02 Å². The second kappa shape index (κ2) is 6.15. The summed E-state index contributed by atoms with van der Waals surface area (Å²) in [5.74, 6) is -0.508. The first-order valence-electron chi connectivity index (χ1n) is 4.46. The summed E-state index contributed by atoms with van der Waals surface area (Å²) in [5.41, 5.74) is 0.692. The molecule has 0 spiro atoms. The van der Waals surface area contributed by atoms with E-state index >= 15 is 0 Å². The molecule has 0 fully saturated rings. The molecule has 0 aromatic heterocycles. The summed E-state index contributed by atoms with van der Waals surface area (Å²) in [4.78, 5) is 10.3. The fourth-order valence-corrected chi connectivity index (χ4v) is 1.27. The number of carbonyl (C=O) groups is 1. The molecular weight excluding hydrogens is 232 g/mol. The van der Waals surface area contributed by atoms with Gasteiger partial charge in [0.25, 0.3) is 0 Å². The Morgan fingerprint density at radius 3 is 2.88 bits per heavy atom. The fourth-order valence-electron chi connectivity index (χ4n) is 1.03. The maximum atomic E-state index is 10.3. The molecule has 0 atom stereocenters. The van der Waals surface area contributed by atoms with E-state index in [-0.39, 0.29) is 6.79 Å². The second-order valence-electron chi connectivity index (χ2n) is 2.91. The highest BCUT2D eigenvalue weighted by Crippen LogP contribution is 2.25. The topological polar surface area (TPSA) is 55.8 Å². The van der Waals surface area contributed by atoms with E-state index in [4.69, 9.17) is 26.2 Å². The molecular formula is C11H11ClO4. The number of carboxylic acids is 1.